The fourth-order valence-corrected chi connectivity index (χ4v) is 3.46. The summed E-state index contributed by atoms with van der Waals surface area (Å²) < 4.78 is 3.02. The Bertz CT molecular complexity index is 501. The largest absolute Gasteiger partial charge is 0.316 e. The molecule has 0 aliphatic heterocycles. The molecule has 0 bridgehead atoms. The van der Waals surface area contributed by atoms with E-state index in [4.69, 9.17) is 0 Å². The summed E-state index contributed by atoms with van der Waals surface area (Å²) >= 11 is 5.27. The van der Waals surface area contributed by atoms with Crippen LogP contribution < -0.4 is 5.32 Å². The van der Waals surface area contributed by atoms with Crippen LogP contribution >= 0.6 is 27.3 Å². The predicted molar refractivity (Wildman–Crippen MR) is 71.7 cm³/mol. The first kappa shape index (κ1) is 11.8. The van der Waals surface area contributed by atoms with Gasteiger partial charge in [-0.2, -0.15) is 5.10 Å². The van der Waals surface area contributed by atoms with Gasteiger partial charge in [0, 0.05) is 35.8 Å². The van der Waals surface area contributed by atoms with Crippen LogP contribution in [0.1, 0.15) is 10.4 Å². The summed E-state index contributed by atoms with van der Waals surface area (Å²) in [6, 6.07) is 2.14. The number of nitrogens with one attached hydrogen (secondary N) is 1. The van der Waals surface area contributed by atoms with Crippen LogP contribution in [0.5, 0.6) is 0 Å². The molecule has 0 amide bonds. The van der Waals surface area contributed by atoms with E-state index in [-0.39, 0.29) is 0 Å². The molecule has 86 valence electrons. The second-order valence-electron chi connectivity index (χ2n) is 3.73. The summed E-state index contributed by atoms with van der Waals surface area (Å²) in [6.45, 7) is 2.97. The van der Waals surface area contributed by atoms with Crippen LogP contribution in [0, 0.1) is 6.92 Å². The summed E-state index contributed by atoms with van der Waals surface area (Å²) in [6.07, 6.45) is 2.07. The molecule has 0 aliphatic carbocycles. The number of rotatable bonds is 3. The van der Waals surface area contributed by atoms with Crippen LogP contribution in [-0.4, -0.2) is 16.8 Å². The zero-order valence-corrected chi connectivity index (χ0v) is 11.9. The van der Waals surface area contributed by atoms with Crippen LogP contribution in [-0.2, 0) is 13.6 Å². The van der Waals surface area contributed by atoms with Gasteiger partial charge in [0.1, 0.15) is 0 Å². The van der Waals surface area contributed by atoms with E-state index in [1.165, 1.54) is 16.0 Å². The van der Waals surface area contributed by atoms with Gasteiger partial charge in [-0.25, -0.2) is 0 Å². The van der Waals surface area contributed by atoms with Gasteiger partial charge >= 0.3 is 0 Å². The maximum Gasteiger partial charge on any atom is 0.0979 e. The molecule has 0 atom stereocenters. The molecule has 5 heteroatoms. The second-order valence-corrected chi connectivity index (χ2v) is 6.36. The zero-order valence-electron chi connectivity index (χ0n) is 9.54. The van der Waals surface area contributed by atoms with Crippen molar-refractivity contribution >= 4 is 27.3 Å². The van der Waals surface area contributed by atoms with Crippen LogP contribution in [0.25, 0.3) is 11.3 Å². The van der Waals surface area contributed by atoms with Gasteiger partial charge in [-0.05, 0) is 36.0 Å². The maximum absolute atomic E-state index is 4.54. The Labute approximate surface area is 108 Å². The van der Waals surface area contributed by atoms with Gasteiger partial charge in [0.15, 0.2) is 0 Å². The van der Waals surface area contributed by atoms with Crippen LogP contribution in [0.3, 0.4) is 0 Å². The van der Waals surface area contributed by atoms with Gasteiger partial charge in [-0.15, -0.1) is 11.3 Å². The summed E-state index contributed by atoms with van der Waals surface area (Å²) in [4.78, 5) is 1.29. The number of aryl methyl sites for hydroxylation is 2. The molecule has 16 heavy (non-hydrogen) atoms. The minimum atomic E-state index is 0.843. The molecule has 3 nitrogen and oxygen atoms in total. The van der Waals surface area contributed by atoms with Gasteiger partial charge in [0.25, 0.3) is 0 Å². The molecule has 2 aromatic rings. The van der Waals surface area contributed by atoms with Gasteiger partial charge in [0.2, 0.25) is 0 Å². The van der Waals surface area contributed by atoms with Gasteiger partial charge in [-0.3, -0.25) is 4.68 Å². The molecule has 0 spiro atoms. The minimum Gasteiger partial charge on any atom is -0.316 e. The Morgan fingerprint density at radius 2 is 2.31 bits per heavy atom. The highest BCUT2D eigenvalue weighted by atomic mass is 79.9. The monoisotopic (exact) mass is 299 g/mol. The first-order valence-electron chi connectivity index (χ1n) is 5.05. The number of thiophene rings is 1. The molecule has 2 aromatic heterocycles. The zero-order chi connectivity index (χ0) is 11.7. The highest BCUT2D eigenvalue weighted by molar-refractivity contribution is 9.11. The van der Waals surface area contributed by atoms with Gasteiger partial charge in [-0.1, -0.05) is 0 Å². The van der Waals surface area contributed by atoms with E-state index in [1.54, 1.807) is 11.3 Å². The van der Waals surface area contributed by atoms with E-state index in [0.717, 1.165) is 16.0 Å². The van der Waals surface area contributed by atoms with Crippen molar-refractivity contribution in [2.45, 2.75) is 13.5 Å². The number of halogens is 1. The molecular weight excluding hydrogens is 286 g/mol. The Morgan fingerprint density at radius 3 is 2.88 bits per heavy atom. The molecule has 0 unspecified atom stereocenters. The lowest BCUT2D eigenvalue weighted by molar-refractivity contribution is 0.765. The second kappa shape index (κ2) is 4.69. The van der Waals surface area contributed by atoms with E-state index in [2.05, 4.69) is 45.5 Å². The molecular formula is C11H14BrN3S. The first-order valence-corrected chi connectivity index (χ1v) is 6.66. The number of aromatic nitrogens is 2. The fraction of sp³-hybridized carbons (Fsp3) is 0.364. The van der Waals surface area contributed by atoms with Crippen LogP contribution in [0.2, 0.25) is 0 Å². The lowest BCUT2D eigenvalue weighted by atomic mass is 10.1. The summed E-state index contributed by atoms with van der Waals surface area (Å²) in [5.41, 5.74) is 3.54. The summed E-state index contributed by atoms with van der Waals surface area (Å²) in [5, 5.41) is 7.71. The molecule has 0 saturated heterocycles. The van der Waals surface area contributed by atoms with Crippen molar-refractivity contribution in [3.63, 3.8) is 0 Å². The number of nitrogens with zero attached hydrogens (tertiary/aromatic N) is 2. The van der Waals surface area contributed by atoms with Gasteiger partial charge in [0.05, 0.1) is 9.48 Å². The third-order valence-corrected chi connectivity index (χ3v) is 3.97. The first-order chi connectivity index (χ1) is 7.61. The van der Waals surface area contributed by atoms with Crippen molar-refractivity contribution in [3.8, 4) is 11.3 Å². The Balaban J connectivity index is 2.50. The van der Waals surface area contributed by atoms with Gasteiger partial charge < -0.3 is 5.32 Å². The highest BCUT2D eigenvalue weighted by Crippen LogP contribution is 2.34. The number of hydrogen-bond donors (Lipinski definition) is 1. The van der Waals surface area contributed by atoms with Crippen molar-refractivity contribution in [2.75, 3.05) is 7.05 Å². The molecule has 1 N–H and O–H groups in total. The van der Waals surface area contributed by atoms with Crippen molar-refractivity contribution in [1.82, 2.24) is 15.1 Å². The molecule has 0 aromatic carbocycles. The lowest BCUT2D eigenvalue weighted by Gasteiger charge is -2.00. The van der Waals surface area contributed by atoms with Crippen molar-refractivity contribution in [3.05, 3.63) is 26.5 Å². The highest BCUT2D eigenvalue weighted by Gasteiger charge is 2.13. The standard InChI is InChI=1S/C11H14BrN3S/c1-7-9(4-10(12)16-7)11-8(5-13-2)6-15(3)14-11/h4,6,13H,5H2,1-3H3. The van der Waals surface area contributed by atoms with E-state index >= 15 is 0 Å². The fourth-order valence-electron chi connectivity index (χ4n) is 1.77. The molecule has 0 fully saturated rings. The van der Waals surface area contributed by atoms with E-state index < -0.39 is 0 Å². The Kier molecular flexibility index (Phi) is 3.47. The third-order valence-electron chi connectivity index (χ3n) is 2.41. The van der Waals surface area contributed by atoms with Crippen LogP contribution in [0.15, 0.2) is 16.0 Å². The average molecular weight is 300 g/mol. The topological polar surface area (TPSA) is 29.9 Å². The smallest absolute Gasteiger partial charge is 0.0979 e. The molecule has 2 rings (SSSR count). The molecule has 0 radical (unpaired) electrons. The van der Waals surface area contributed by atoms with Crippen molar-refractivity contribution in [1.29, 1.82) is 0 Å². The van der Waals surface area contributed by atoms with Crippen molar-refractivity contribution < 1.29 is 0 Å². The Hall–Kier alpha value is -0.650. The normalized spacial score (nSPS) is 11.0. The molecule has 0 saturated carbocycles. The van der Waals surface area contributed by atoms with Crippen LogP contribution in [0.4, 0.5) is 0 Å². The summed E-state index contributed by atoms with van der Waals surface area (Å²) in [7, 11) is 3.91. The van der Waals surface area contributed by atoms with E-state index in [0.29, 0.717) is 0 Å². The molecule has 2 heterocycles. The molecule has 0 aliphatic rings. The van der Waals surface area contributed by atoms with E-state index in [1.807, 2.05) is 18.8 Å². The van der Waals surface area contributed by atoms with E-state index in [9.17, 15) is 0 Å². The quantitative estimate of drug-likeness (QED) is 0.944. The van der Waals surface area contributed by atoms with Crippen molar-refractivity contribution in [2.24, 2.45) is 7.05 Å². The lowest BCUT2D eigenvalue weighted by Crippen LogP contribution is -2.05. The SMILES string of the molecule is CNCc1cn(C)nc1-c1cc(Br)sc1C. The number of hydrogen-bond acceptors (Lipinski definition) is 3. The maximum atomic E-state index is 4.54. The third kappa shape index (κ3) is 2.21. The predicted octanol–water partition coefficient (Wildman–Crippen LogP) is 2.94. The summed E-state index contributed by atoms with van der Waals surface area (Å²) in [5.74, 6) is 0. The minimum absolute atomic E-state index is 0.843. The Morgan fingerprint density at radius 1 is 1.56 bits per heavy atom. The average Bonchev–Trinajstić information content (AvgIpc) is 2.70.